The quantitative estimate of drug-likeness (QED) is 0.701. The minimum Gasteiger partial charge on any atom is -0.481 e. The molecule has 0 aromatic heterocycles. The summed E-state index contributed by atoms with van der Waals surface area (Å²) in [6.07, 6.45) is 2.76. The van der Waals surface area contributed by atoms with Crippen LogP contribution in [0.2, 0.25) is 0 Å². The lowest BCUT2D eigenvalue weighted by atomic mass is 9.70. The second-order valence-electron chi connectivity index (χ2n) is 7.74. The van der Waals surface area contributed by atoms with Gasteiger partial charge in [-0.2, -0.15) is 0 Å². The van der Waals surface area contributed by atoms with E-state index in [9.17, 15) is 9.59 Å². The summed E-state index contributed by atoms with van der Waals surface area (Å²) >= 11 is 0. The minimum atomic E-state index is -0.877. The van der Waals surface area contributed by atoms with Crippen molar-refractivity contribution in [1.82, 2.24) is 5.32 Å². The summed E-state index contributed by atoms with van der Waals surface area (Å²) in [6.45, 7) is 12.6. The number of esters is 1. The van der Waals surface area contributed by atoms with E-state index in [2.05, 4.69) is 39.9 Å². The van der Waals surface area contributed by atoms with Gasteiger partial charge in [-0.25, -0.2) is 0 Å². The number of rotatable bonds is 7. The topological polar surface area (TPSA) is 75.6 Å². The Hall–Kier alpha value is -1.10. The van der Waals surface area contributed by atoms with Crippen molar-refractivity contribution in [2.24, 2.45) is 11.8 Å². The average molecular weight is 327 g/mol. The molecule has 5 heteroatoms. The van der Waals surface area contributed by atoms with E-state index in [0.717, 1.165) is 19.3 Å². The molecule has 0 bridgehead atoms. The van der Waals surface area contributed by atoms with Gasteiger partial charge in [0.2, 0.25) is 0 Å². The van der Waals surface area contributed by atoms with Gasteiger partial charge in [0.1, 0.15) is 6.10 Å². The Morgan fingerprint density at radius 1 is 1.26 bits per heavy atom. The van der Waals surface area contributed by atoms with Crippen molar-refractivity contribution in [2.75, 3.05) is 0 Å². The maximum Gasteiger partial charge on any atom is 0.306 e. The first kappa shape index (κ1) is 19.9. The van der Waals surface area contributed by atoms with E-state index < -0.39 is 5.97 Å². The van der Waals surface area contributed by atoms with Gasteiger partial charge in [0.05, 0.1) is 0 Å². The number of aliphatic carboxylic acids is 1. The van der Waals surface area contributed by atoms with E-state index in [-0.39, 0.29) is 47.8 Å². The Morgan fingerprint density at radius 3 is 2.35 bits per heavy atom. The van der Waals surface area contributed by atoms with Crippen LogP contribution in [0.25, 0.3) is 0 Å². The summed E-state index contributed by atoms with van der Waals surface area (Å²) in [5, 5.41) is 12.6. The van der Waals surface area contributed by atoms with Crippen LogP contribution in [0, 0.1) is 11.8 Å². The zero-order valence-electron chi connectivity index (χ0n) is 15.4. The Kier molecular flexibility index (Phi) is 6.63. The van der Waals surface area contributed by atoms with Gasteiger partial charge >= 0.3 is 11.9 Å². The van der Waals surface area contributed by atoms with Gasteiger partial charge < -0.3 is 15.2 Å². The molecule has 0 aliphatic carbocycles. The lowest BCUT2D eigenvalue weighted by molar-refractivity contribution is -0.160. The number of carboxylic acids is 1. The predicted molar refractivity (Wildman–Crippen MR) is 90.2 cm³/mol. The van der Waals surface area contributed by atoms with Crippen LogP contribution < -0.4 is 5.32 Å². The van der Waals surface area contributed by atoms with Gasteiger partial charge in [-0.15, -0.1) is 0 Å². The molecular formula is C18H33NO4. The van der Waals surface area contributed by atoms with Crippen LogP contribution in [-0.4, -0.2) is 34.2 Å². The normalized spacial score (nSPS) is 35.6. The van der Waals surface area contributed by atoms with Crippen LogP contribution in [0.15, 0.2) is 0 Å². The van der Waals surface area contributed by atoms with Crippen LogP contribution in [-0.2, 0) is 14.3 Å². The van der Waals surface area contributed by atoms with Crippen LogP contribution >= 0.6 is 0 Å². The van der Waals surface area contributed by atoms with Crippen LogP contribution in [0.5, 0.6) is 0 Å². The molecule has 5 unspecified atom stereocenters. The highest BCUT2D eigenvalue weighted by molar-refractivity contribution is 5.72. The molecule has 23 heavy (non-hydrogen) atoms. The SMILES string of the molecule is CCC1(C)CC(OC(=O)CC(C)CC(=O)O)C(C)C(C)(CC)N1. The molecule has 5 atom stereocenters. The maximum absolute atomic E-state index is 12.2. The van der Waals surface area contributed by atoms with E-state index in [1.807, 2.05) is 0 Å². The average Bonchev–Trinajstić information content (AvgIpc) is 2.43. The van der Waals surface area contributed by atoms with Crippen molar-refractivity contribution in [3.8, 4) is 0 Å². The molecule has 1 rings (SSSR count). The molecule has 0 aromatic rings. The van der Waals surface area contributed by atoms with Gasteiger partial charge in [0.15, 0.2) is 0 Å². The number of carbonyl (C=O) groups is 2. The number of carbonyl (C=O) groups excluding carboxylic acids is 1. The third-order valence-corrected chi connectivity index (χ3v) is 5.64. The molecule has 0 spiro atoms. The van der Waals surface area contributed by atoms with Gasteiger partial charge in [-0.3, -0.25) is 9.59 Å². The highest BCUT2D eigenvalue weighted by Crippen LogP contribution is 2.39. The largest absolute Gasteiger partial charge is 0.481 e. The number of carboxylic acid groups (broad SMARTS) is 1. The number of hydrogen-bond acceptors (Lipinski definition) is 4. The minimum absolute atomic E-state index is 0.00374. The highest BCUT2D eigenvalue weighted by atomic mass is 16.5. The first-order valence-electron chi connectivity index (χ1n) is 8.76. The van der Waals surface area contributed by atoms with Crippen molar-refractivity contribution in [2.45, 2.75) is 90.8 Å². The second kappa shape index (κ2) is 7.65. The van der Waals surface area contributed by atoms with Crippen molar-refractivity contribution in [1.29, 1.82) is 0 Å². The first-order valence-corrected chi connectivity index (χ1v) is 8.76. The Labute approximate surface area is 140 Å². The number of ether oxygens (including phenoxy) is 1. The summed E-state index contributed by atoms with van der Waals surface area (Å²) in [5.74, 6) is -1.15. The molecule has 5 nitrogen and oxygen atoms in total. The smallest absolute Gasteiger partial charge is 0.306 e. The van der Waals surface area contributed by atoms with Gasteiger partial charge in [0, 0.05) is 36.3 Å². The fourth-order valence-electron chi connectivity index (χ4n) is 3.54. The zero-order valence-corrected chi connectivity index (χ0v) is 15.4. The summed E-state index contributed by atoms with van der Waals surface area (Å²) in [6, 6.07) is 0. The standard InChI is InChI=1S/C18H33NO4/c1-7-17(5)11-14(13(4)18(6,8-2)19-17)23-16(22)10-12(3)9-15(20)21/h12-14,19H,7-11H2,1-6H3,(H,20,21). The third-order valence-electron chi connectivity index (χ3n) is 5.64. The van der Waals surface area contributed by atoms with E-state index in [0.29, 0.717) is 0 Å². The molecule has 0 amide bonds. The fraction of sp³-hybridized carbons (Fsp3) is 0.889. The van der Waals surface area contributed by atoms with Gasteiger partial charge in [-0.05, 0) is 32.6 Å². The Balaban J connectivity index is 2.76. The third kappa shape index (κ3) is 5.20. The summed E-state index contributed by atoms with van der Waals surface area (Å²) in [7, 11) is 0. The summed E-state index contributed by atoms with van der Waals surface area (Å²) in [5.41, 5.74) is -0.116. The molecule has 1 aliphatic rings. The van der Waals surface area contributed by atoms with Crippen LogP contribution in [0.1, 0.15) is 73.6 Å². The second-order valence-corrected chi connectivity index (χ2v) is 7.74. The van der Waals surface area contributed by atoms with Crippen molar-refractivity contribution >= 4 is 11.9 Å². The lowest BCUT2D eigenvalue weighted by Gasteiger charge is -2.52. The molecule has 0 aromatic carbocycles. The van der Waals surface area contributed by atoms with E-state index in [4.69, 9.17) is 9.84 Å². The van der Waals surface area contributed by atoms with Crippen LogP contribution in [0.3, 0.4) is 0 Å². The van der Waals surface area contributed by atoms with E-state index in [1.54, 1.807) is 6.92 Å². The van der Waals surface area contributed by atoms with Crippen LogP contribution in [0.4, 0.5) is 0 Å². The van der Waals surface area contributed by atoms with Crippen molar-refractivity contribution in [3.63, 3.8) is 0 Å². The number of piperidine rings is 1. The zero-order chi connectivity index (χ0) is 17.8. The molecule has 1 heterocycles. The lowest BCUT2D eigenvalue weighted by Crippen LogP contribution is -2.66. The maximum atomic E-state index is 12.2. The predicted octanol–water partition coefficient (Wildman–Crippen LogP) is 3.37. The molecule has 0 saturated carbocycles. The van der Waals surface area contributed by atoms with Gasteiger partial charge in [-0.1, -0.05) is 27.7 Å². The summed E-state index contributed by atoms with van der Waals surface area (Å²) in [4.78, 5) is 22.9. The number of nitrogens with one attached hydrogen (secondary N) is 1. The van der Waals surface area contributed by atoms with Crippen molar-refractivity contribution in [3.05, 3.63) is 0 Å². The molecule has 1 saturated heterocycles. The molecular weight excluding hydrogens is 294 g/mol. The Morgan fingerprint density at radius 2 is 1.87 bits per heavy atom. The summed E-state index contributed by atoms with van der Waals surface area (Å²) < 4.78 is 5.78. The first-order chi connectivity index (χ1) is 10.5. The molecule has 2 N–H and O–H groups in total. The molecule has 134 valence electrons. The van der Waals surface area contributed by atoms with E-state index in [1.165, 1.54) is 0 Å². The molecule has 0 radical (unpaired) electrons. The van der Waals surface area contributed by atoms with E-state index >= 15 is 0 Å². The Bertz CT molecular complexity index is 439. The number of hydrogen-bond donors (Lipinski definition) is 2. The monoisotopic (exact) mass is 327 g/mol. The van der Waals surface area contributed by atoms with Crippen molar-refractivity contribution < 1.29 is 19.4 Å². The fourth-order valence-corrected chi connectivity index (χ4v) is 3.54. The molecule has 1 aliphatic heterocycles. The van der Waals surface area contributed by atoms with Gasteiger partial charge in [0.25, 0.3) is 0 Å². The highest BCUT2D eigenvalue weighted by Gasteiger charge is 2.47. The molecule has 1 fully saturated rings.